The molecule has 0 heterocycles. The summed E-state index contributed by atoms with van der Waals surface area (Å²) in [5.74, 6) is -0.277. The van der Waals surface area contributed by atoms with Crippen LogP contribution in [0, 0.1) is 0 Å². The molecular formula is C31H24O3S. The summed E-state index contributed by atoms with van der Waals surface area (Å²) in [4.78, 5) is 13.2. The van der Waals surface area contributed by atoms with Crippen molar-refractivity contribution in [1.29, 1.82) is 0 Å². The number of para-hydroxylation sites is 1. The van der Waals surface area contributed by atoms with Crippen LogP contribution in [0.3, 0.4) is 0 Å². The van der Waals surface area contributed by atoms with E-state index < -0.39 is 5.97 Å². The van der Waals surface area contributed by atoms with E-state index in [4.69, 9.17) is 4.74 Å². The summed E-state index contributed by atoms with van der Waals surface area (Å²) in [6.45, 7) is 0. The highest BCUT2D eigenvalue weighted by atomic mass is 32.1. The quantitative estimate of drug-likeness (QED) is 0.209. The second kappa shape index (κ2) is 10.8. The SMILES string of the molecule is O=C(Oc1c(-c2ccccc2)cc(-c2ccccc2)cc1-c1ccccc1)c1ccccc1O.S. The van der Waals surface area contributed by atoms with Gasteiger partial charge < -0.3 is 9.84 Å². The van der Waals surface area contributed by atoms with Gasteiger partial charge in [-0.25, -0.2) is 4.79 Å². The van der Waals surface area contributed by atoms with Gasteiger partial charge >= 0.3 is 5.97 Å². The van der Waals surface area contributed by atoms with Gasteiger partial charge in [-0.2, -0.15) is 13.5 Å². The van der Waals surface area contributed by atoms with Gasteiger partial charge in [0.1, 0.15) is 17.1 Å². The molecule has 5 aromatic rings. The Kier molecular flexibility index (Phi) is 7.34. The van der Waals surface area contributed by atoms with Crippen LogP contribution >= 0.6 is 13.5 Å². The fourth-order valence-electron chi connectivity index (χ4n) is 3.99. The highest BCUT2D eigenvalue weighted by molar-refractivity contribution is 7.59. The van der Waals surface area contributed by atoms with Gasteiger partial charge in [0.25, 0.3) is 0 Å². The fourth-order valence-corrected chi connectivity index (χ4v) is 3.99. The number of hydrogen-bond acceptors (Lipinski definition) is 3. The number of phenolic OH excluding ortho intramolecular Hbond substituents is 1. The van der Waals surface area contributed by atoms with Crippen molar-refractivity contribution < 1.29 is 14.6 Å². The Labute approximate surface area is 211 Å². The number of benzene rings is 5. The lowest BCUT2D eigenvalue weighted by molar-refractivity contribution is 0.0733. The third kappa shape index (κ3) is 5.13. The maximum absolute atomic E-state index is 13.2. The zero-order valence-corrected chi connectivity index (χ0v) is 19.9. The van der Waals surface area contributed by atoms with Crippen molar-refractivity contribution >= 4 is 19.5 Å². The van der Waals surface area contributed by atoms with Crippen LogP contribution in [-0.2, 0) is 0 Å². The molecule has 0 atom stereocenters. The molecule has 0 aliphatic carbocycles. The predicted octanol–water partition coefficient (Wildman–Crippen LogP) is 7.73. The molecule has 0 fully saturated rings. The lowest BCUT2D eigenvalue weighted by Gasteiger charge is -2.18. The summed E-state index contributed by atoms with van der Waals surface area (Å²) in [6.07, 6.45) is 0. The molecule has 1 N–H and O–H groups in total. The van der Waals surface area contributed by atoms with E-state index in [0.717, 1.165) is 33.4 Å². The van der Waals surface area contributed by atoms with E-state index >= 15 is 0 Å². The van der Waals surface area contributed by atoms with Crippen LogP contribution in [0.2, 0.25) is 0 Å². The third-order valence-electron chi connectivity index (χ3n) is 5.68. The molecule has 0 aliphatic heterocycles. The Morgan fingerprint density at radius 1 is 0.543 bits per heavy atom. The molecule has 172 valence electrons. The van der Waals surface area contributed by atoms with Crippen molar-refractivity contribution in [2.24, 2.45) is 0 Å². The van der Waals surface area contributed by atoms with Gasteiger partial charge in [0.15, 0.2) is 0 Å². The van der Waals surface area contributed by atoms with Crippen molar-refractivity contribution in [2.45, 2.75) is 0 Å². The highest BCUT2D eigenvalue weighted by Gasteiger charge is 2.21. The Balaban J connectivity index is 0.00000289. The second-order valence-corrected chi connectivity index (χ2v) is 7.91. The molecule has 0 saturated carbocycles. The topological polar surface area (TPSA) is 46.5 Å². The summed E-state index contributed by atoms with van der Waals surface area (Å²) >= 11 is 0. The maximum Gasteiger partial charge on any atom is 0.347 e. The monoisotopic (exact) mass is 476 g/mol. The molecule has 0 bridgehead atoms. The minimum Gasteiger partial charge on any atom is -0.507 e. The molecule has 0 unspecified atom stereocenters. The summed E-state index contributed by atoms with van der Waals surface area (Å²) in [5.41, 5.74) is 5.65. The number of esters is 1. The number of phenols is 1. The number of ether oxygens (including phenoxy) is 1. The summed E-state index contributed by atoms with van der Waals surface area (Å²) in [7, 11) is 0. The first-order chi connectivity index (χ1) is 16.7. The van der Waals surface area contributed by atoms with Gasteiger partial charge in [-0.05, 0) is 46.5 Å². The van der Waals surface area contributed by atoms with Crippen molar-refractivity contribution in [1.82, 2.24) is 0 Å². The molecular weight excluding hydrogens is 452 g/mol. The van der Waals surface area contributed by atoms with Gasteiger partial charge in [-0.3, -0.25) is 0 Å². The van der Waals surface area contributed by atoms with Crippen LogP contribution in [0.25, 0.3) is 33.4 Å². The number of rotatable bonds is 5. The number of hydrogen-bond donors (Lipinski definition) is 1. The van der Waals surface area contributed by atoms with Crippen molar-refractivity contribution in [3.05, 3.63) is 133 Å². The Morgan fingerprint density at radius 2 is 0.971 bits per heavy atom. The van der Waals surface area contributed by atoms with E-state index in [2.05, 4.69) is 12.1 Å². The fraction of sp³-hybridized carbons (Fsp3) is 0. The molecule has 5 aromatic carbocycles. The van der Waals surface area contributed by atoms with Crippen LogP contribution in [0.4, 0.5) is 0 Å². The molecule has 4 heteroatoms. The van der Waals surface area contributed by atoms with Crippen LogP contribution in [0.15, 0.2) is 127 Å². The summed E-state index contributed by atoms with van der Waals surface area (Å²) in [5, 5.41) is 10.2. The molecule has 3 nitrogen and oxygen atoms in total. The zero-order chi connectivity index (χ0) is 23.3. The van der Waals surface area contributed by atoms with Crippen molar-refractivity contribution in [2.75, 3.05) is 0 Å². The molecule has 0 amide bonds. The van der Waals surface area contributed by atoms with Crippen molar-refractivity contribution in [3.63, 3.8) is 0 Å². The van der Waals surface area contributed by atoms with E-state index in [1.165, 1.54) is 6.07 Å². The Bertz CT molecular complexity index is 1370. The summed E-state index contributed by atoms with van der Waals surface area (Å²) < 4.78 is 6.04. The minimum atomic E-state index is -0.611. The molecule has 0 saturated heterocycles. The molecule has 5 rings (SSSR count). The first-order valence-corrected chi connectivity index (χ1v) is 11.1. The average Bonchev–Trinajstić information content (AvgIpc) is 2.90. The van der Waals surface area contributed by atoms with Gasteiger partial charge in [0.2, 0.25) is 0 Å². The van der Waals surface area contributed by atoms with E-state index in [1.807, 2.05) is 91.0 Å². The van der Waals surface area contributed by atoms with Gasteiger partial charge in [-0.1, -0.05) is 103 Å². The predicted molar refractivity (Wildman–Crippen MR) is 146 cm³/mol. The Morgan fingerprint density at radius 3 is 1.46 bits per heavy atom. The first kappa shape index (κ1) is 23.9. The largest absolute Gasteiger partial charge is 0.507 e. The average molecular weight is 477 g/mol. The molecule has 0 aliphatic rings. The van der Waals surface area contributed by atoms with Crippen molar-refractivity contribution in [3.8, 4) is 44.9 Å². The van der Waals surface area contributed by atoms with Crippen LogP contribution in [-0.4, -0.2) is 11.1 Å². The summed E-state index contributed by atoms with van der Waals surface area (Å²) in [6, 6.07) is 40.4. The number of aromatic hydroxyl groups is 1. The number of carbonyl (C=O) groups excluding carboxylic acids is 1. The van der Waals surface area contributed by atoms with Gasteiger partial charge in [-0.15, -0.1) is 0 Å². The number of carbonyl (C=O) groups is 1. The zero-order valence-electron chi connectivity index (χ0n) is 18.9. The lowest BCUT2D eigenvalue weighted by atomic mass is 9.92. The standard InChI is InChI=1S/C31H22O3.H2S/c32-29-19-11-10-18-26(29)31(33)34-30-27(23-14-6-2-7-15-23)20-25(22-12-4-1-5-13-22)21-28(30)24-16-8-3-9-17-24;/h1-21,32H;1H2. The van der Waals surface area contributed by atoms with E-state index in [-0.39, 0.29) is 24.8 Å². The molecule has 0 spiro atoms. The van der Waals surface area contributed by atoms with Crippen LogP contribution in [0.5, 0.6) is 11.5 Å². The normalized spacial score (nSPS) is 10.3. The third-order valence-corrected chi connectivity index (χ3v) is 5.68. The van der Waals surface area contributed by atoms with Gasteiger partial charge in [0.05, 0.1) is 0 Å². The van der Waals surface area contributed by atoms with E-state index in [0.29, 0.717) is 5.75 Å². The molecule has 0 radical (unpaired) electrons. The molecule has 0 aromatic heterocycles. The second-order valence-electron chi connectivity index (χ2n) is 7.91. The lowest BCUT2D eigenvalue weighted by Crippen LogP contribution is -2.10. The van der Waals surface area contributed by atoms with E-state index in [9.17, 15) is 9.90 Å². The smallest absolute Gasteiger partial charge is 0.347 e. The van der Waals surface area contributed by atoms with E-state index in [1.54, 1.807) is 18.2 Å². The minimum absolute atomic E-state index is 0. The maximum atomic E-state index is 13.2. The highest BCUT2D eigenvalue weighted by Crippen LogP contribution is 2.43. The van der Waals surface area contributed by atoms with Gasteiger partial charge in [0, 0.05) is 11.1 Å². The molecule has 35 heavy (non-hydrogen) atoms. The van der Waals surface area contributed by atoms with Crippen LogP contribution < -0.4 is 4.74 Å². The Hall–Kier alpha value is -4.28. The van der Waals surface area contributed by atoms with Crippen LogP contribution in [0.1, 0.15) is 10.4 Å². The first-order valence-electron chi connectivity index (χ1n) is 11.1.